The molecule has 0 amide bonds. The fourth-order valence-electron chi connectivity index (χ4n) is 9.00. The third-order valence-corrected chi connectivity index (χ3v) is 11.4. The maximum atomic E-state index is 5.12. The molecule has 0 radical (unpaired) electrons. The van der Waals surface area contributed by atoms with Gasteiger partial charge in [-0.05, 0) is 96.1 Å². The van der Waals surface area contributed by atoms with Gasteiger partial charge in [-0.1, -0.05) is 91.0 Å². The molecule has 266 valence electrons. The van der Waals surface area contributed by atoms with Crippen LogP contribution in [0.2, 0.25) is 0 Å². The number of aromatic nitrogens is 6. The van der Waals surface area contributed by atoms with Gasteiger partial charge in [0.05, 0.1) is 60.6 Å². The summed E-state index contributed by atoms with van der Waals surface area (Å²) in [4.78, 5) is 14.9. The highest BCUT2D eigenvalue weighted by molar-refractivity contribution is 6.30. The first-order valence-corrected chi connectivity index (χ1v) is 19.2. The van der Waals surface area contributed by atoms with Crippen LogP contribution in [0.25, 0.3) is 105 Å². The normalized spacial score (nSPS) is 11.9. The molecule has 0 unspecified atom stereocenters. The number of pyridine rings is 3. The van der Waals surface area contributed by atoms with Gasteiger partial charge in [-0.25, -0.2) is 0 Å². The van der Waals surface area contributed by atoms with Crippen molar-refractivity contribution in [3.63, 3.8) is 0 Å². The molecule has 6 aromatic carbocycles. The number of rotatable bonds is 5. The van der Waals surface area contributed by atoms with Gasteiger partial charge in [0.1, 0.15) is 0 Å². The summed E-state index contributed by atoms with van der Waals surface area (Å²) in [5.74, 6) is 0. The molecule has 0 saturated heterocycles. The van der Waals surface area contributed by atoms with E-state index in [4.69, 9.17) is 9.97 Å². The number of para-hydroxylation sites is 1. The molecule has 12 rings (SSSR count). The zero-order valence-electron chi connectivity index (χ0n) is 30.7. The standard InChI is InChI=1S/C51H32N6/c1-3-13-33(14-4-1)34-15-9-19-37(31-34)55-42-26-24-39-40-25-27-43-47(51(40)57(36-17-5-2-6-18-36)50(39)46(42)48-44(55)22-11-29-53-48)49-45(23-12-30-54-49)56(43)38-20-10-16-35(32-38)41-21-7-8-28-52-41/h1-32H. The van der Waals surface area contributed by atoms with Gasteiger partial charge in [-0.2, -0.15) is 0 Å². The van der Waals surface area contributed by atoms with Gasteiger partial charge in [0.15, 0.2) is 0 Å². The van der Waals surface area contributed by atoms with Crippen LogP contribution in [0.1, 0.15) is 0 Å². The van der Waals surface area contributed by atoms with Crippen molar-refractivity contribution < 1.29 is 0 Å². The SMILES string of the molecule is c1ccc(-c2cccc(-n3c4cccnc4c4c3ccc3c5ccc6c(c7ncccc7n6-c6cccc(-c7ccccn7)c6)c5n(-c5ccccc5)c34)c2)cc1. The predicted molar refractivity (Wildman–Crippen MR) is 234 cm³/mol. The van der Waals surface area contributed by atoms with Crippen LogP contribution < -0.4 is 0 Å². The highest BCUT2D eigenvalue weighted by atomic mass is 15.0. The van der Waals surface area contributed by atoms with Crippen LogP contribution in [0.3, 0.4) is 0 Å². The van der Waals surface area contributed by atoms with Crippen LogP contribution in [-0.2, 0) is 0 Å². The van der Waals surface area contributed by atoms with Crippen LogP contribution in [0.5, 0.6) is 0 Å². The van der Waals surface area contributed by atoms with Gasteiger partial charge < -0.3 is 13.7 Å². The summed E-state index contributed by atoms with van der Waals surface area (Å²) in [6, 6.07) is 62.3. The minimum absolute atomic E-state index is 0.938. The Hall–Kier alpha value is -7.83. The molecule has 0 aliphatic heterocycles. The average Bonchev–Trinajstić information content (AvgIpc) is 3.93. The third-order valence-electron chi connectivity index (χ3n) is 11.4. The maximum Gasteiger partial charge on any atom is 0.0984 e. The number of hydrogen-bond donors (Lipinski definition) is 0. The molecular formula is C51H32N6. The molecule has 57 heavy (non-hydrogen) atoms. The minimum Gasteiger partial charge on any atom is -0.308 e. The molecule has 6 nitrogen and oxygen atoms in total. The summed E-state index contributed by atoms with van der Waals surface area (Å²) < 4.78 is 7.17. The van der Waals surface area contributed by atoms with E-state index in [1.54, 1.807) is 0 Å². The summed E-state index contributed by atoms with van der Waals surface area (Å²) in [7, 11) is 0. The number of nitrogens with zero attached hydrogens (tertiary/aromatic N) is 6. The lowest BCUT2D eigenvalue weighted by molar-refractivity contribution is 1.17. The Bertz CT molecular complexity index is 3290. The maximum absolute atomic E-state index is 5.12. The van der Waals surface area contributed by atoms with Crippen molar-refractivity contribution >= 4 is 65.7 Å². The van der Waals surface area contributed by atoms with E-state index in [-0.39, 0.29) is 0 Å². The van der Waals surface area contributed by atoms with Crippen molar-refractivity contribution in [2.24, 2.45) is 0 Å². The second kappa shape index (κ2) is 12.3. The number of fused-ring (bicyclic) bond motifs is 11. The molecule has 0 bridgehead atoms. The molecule has 6 heteroatoms. The summed E-state index contributed by atoms with van der Waals surface area (Å²) in [5, 5.41) is 4.55. The average molecular weight is 729 g/mol. The lowest BCUT2D eigenvalue weighted by Gasteiger charge is -2.12. The van der Waals surface area contributed by atoms with Gasteiger partial charge in [0.25, 0.3) is 0 Å². The van der Waals surface area contributed by atoms with Crippen molar-refractivity contribution in [3.05, 3.63) is 195 Å². The molecule has 12 aromatic rings. The van der Waals surface area contributed by atoms with Crippen molar-refractivity contribution in [1.29, 1.82) is 0 Å². The highest BCUT2D eigenvalue weighted by Gasteiger charge is 2.25. The number of hydrogen-bond acceptors (Lipinski definition) is 3. The van der Waals surface area contributed by atoms with E-state index in [9.17, 15) is 0 Å². The monoisotopic (exact) mass is 728 g/mol. The van der Waals surface area contributed by atoms with E-state index in [0.717, 1.165) is 88.6 Å². The molecular weight excluding hydrogens is 697 g/mol. The Balaban J connectivity index is 1.22. The molecule has 0 atom stereocenters. The topological polar surface area (TPSA) is 53.5 Å². The van der Waals surface area contributed by atoms with E-state index in [1.165, 1.54) is 16.5 Å². The second-order valence-corrected chi connectivity index (χ2v) is 14.5. The van der Waals surface area contributed by atoms with Crippen molar-refractivity contribution in [2.75, 3.05) is 0 Å². The zero-order chi connectivity index (χ0) is 37.5. The molecule has 0 aliphatic rings. The van der Waals surface area contributed by atoms with Crippen molar-refractivity contribution in [3.8, 4) is 39.4 Å². The summed E-state index contributed by atoms with van der Waals surface area (Å²) in [6.45, 7) is 0. The molecule has 0 saturated carbocycles. The smallest absolute Gasteiger partial charge is 0.0984 e. The van der Waals surface area contributed by atoms with E-state index in [2.05, 4.69) is 170 Å². The van der Waals surface area contributed by atoms with Gasteiger partial charge in [0, 0.05) is 52.0 Å². The van der Waals surface area contributed by atoms with Crippen molar-refractivity contribution in [2.45, 2.75) is 0 Å². The van der Waals surface area contributed by atoms with Crippen LogP contribution in [0.15, 0.2) is 195 Å². The van der Waals surface area contributed by atoms with E-state index < -0.39 is 0 Å². The quantitative estimate of drug-likeness (QED) is 0.177. The van der Waals surface area contributed by atoms with E-state index >= 15 is 0 Å². The van der Waals surface area contributed by atoms with Crippen molar-refractivity contribution in [1.82, 2.24) is 28.7 Å². The molecule has 6 aromatic heterocycles. The summed E-state index contributed by atoms with van der Waals surface area (Å²) in [6.07, 6.45) is 5.66. The second-order valence-electron chi connectivity index (χ2n) is 14.5. The third kappa shape index (κ3) is 4.68. The molecule has 0 fully saturated rings. The highest BCUT2D eigenvalue weighted by Crippen LogP contribution is 2.45. The van der Waals surface area contributed by atoms with E-state index in [1.807, 2.05) is 42.9 Å². The van der Waals surface area contributed by atoms with Crippen LogP contribution in [0.4, 0.5) is 0 Å². The Morgan fingerprint density at radius 3 is 1.42 bits per heavy atom. The Kier molecular flexibility index (Phi) is 6.83. The fraction of sp³-hybridized carbons (Fsp3) is 0. The van der Waals surface area contributed by atoms with Gasteiger partial charge in [-0.15, -0.1) is 0 Å². The van der Waals surface area contributed by atoms with Gasteiger partial charge >= 0.3 is 0 Å². The molecule has 0 spiro atoms. The van der Waals surface area contributed by atoms with Gasteiger partial charge in [0.2, 0.25) is 0 Å². The summed E-state index contributed by atoms with van der Waals surface area (Å²) >= 11 is 0. The first-order valence-electron chi connectivity index (χ1n) is 19.2. The van der Waals surface area contributed by atoms with Crippen LogP contribution in [0, 0.1) is 0 Å². The lowest BCUT2D eigenvalue weighted by atomic mass is 10.1. The minimum atomic E-state index is 0.938. The zero-order valence-corrected chi connectivity index (χ0v) is 30.7. The van der Waals surface area contributed by atoms with Gasteiger partial charge in [-0.3, -0.25) is 15.0 Å². The van der Waals surface area contributed by atoms with Crippen LogP contribution in [-0.4, -0.2) is 28.7 Å². The van der Waals surface area contributed by atoms with E-state index in [0.29, 0.717) is 0 Å². The Labute approximate surface area is 327 Å². The summed E-state index contributed by atoms with van der Waals surface area (Å²) in [5.41, 5.74) is 16.0. The molecule has 0 N–H and O–H groups in total. The molecule has 6 heterocycles. The fourth-order valence-corrected chi connectivity index (χ4v) is 9.00. The first-order chi connectivity index (χ1) is 28.3. The largest absolute Gasteiger partial charge is 0.308 e. The predicted octanol–water partition coefficient (Wildman–Crippen LogP) is 12.5. The lowest BCUT2D eigenvalue weighted by Crippen LogP contribution is -1.96. The van der Waals surface area contributed by atoms with Crippen LogP contribution >= 0.6 is 0 Å². The molecule has 0 aliphatic carbocycles. The first kappa shape index (κ1) is 31.5. The Morgan fingerprint density at radius 1 is 0.316 bits per heavy atom. The number of benzene rings is 6. The Morgan fingerprint density at radius 2 is 0.825 bits per heavy atom.